The van der Waals surface area contributed by atoms with Gasteiger partial charge in [0, 0.05) is 11.9 Å². The molecule has 1 aromatic carbocycles. The van der Waals surface area contributed by atoms with Gasteiger partial charge in [0.25, 0.3) is 0 Å². The number of ether oxygens (including phenoxy) is 1. The monoisotopic (exact) mass is 398 g/mol. The summed E-state index contributed by atoms with van der Waals surface area (Å²) < 4.78 is 43.0. The molecule has 0 saturated carbocycles. The lowest BCUT2D eigenvalue weighted by Gasteiger charge is -2.11. The number of benzene rings is 1. The van der Waals surface area contributed by atoms with Crippen molar-refractivity contribution in [3.63, 3.8) is 0 Å². The number of hydrogen-bond acceptors (Lipinski definition) is 6. The van der Waals surface area contributed by atoms with Crippen LogP contribution in [0.25, 0.3) is 0 Å². The second-order valence-electron chi connectivity index (χ2n) is 5.46. The van der Waals surface area contributed by atoms with Crippen molar-refractivity contribution in [3.8, 4) is 5.75 Å². The van der Waals surface area contributed by atoms with Crippen LogP contribution in [0.3, 0.4) is 0 Å². The molecule has 6 nitrogen and oxygen atoms in total. The highest BCUT2D eigenvalue weighted by Gasteiger charge is 2.28. The highest BCUT2D eigenvalue weighted by molar-refractivity contribution is 7.92. The summed E-state index contributed by atoms with van der Waals surface area (Å²) in [7, 11) is -3.69. The molecular formula is C17H19FN2O4S2. The number of halogens is 1. The molecule has 140 valence electrons. The van der Waals surface area contributed by atoms with Gasteiger partial charge < -0.3 is 10.1 Å². The fourth-order valence-electron chi connectivity index (χ4n) is 1.97. The van der Waals surface area contributed by atoms with Crippen molar-refractivity contribution >= 4 is 27.1 Å². The molecule has 0 bridgehead atoms. The molecule has 0 aliphatic carbocycles. The second kappa shape index (κ2) is 8.91. The first kappa shape index (κ1) is 20.1. The summed E-state index contributed by atoms with van der Waals surface area (Å²) in [6.07, 6.45) is 1.48. The van der Waals surface area contributed by atoms with E-state index in [-0.39, 0.29) is 24.7 Å². The number of sulfone groups is 1. The molecule has 0 aliphatic rings. The van der Waals surface area contributed by atoms with E-state index in [2.05, 4.69) is 16.9 Å². The Bertz CT molecular complexity index is 863. The van der Waals surface area contributed by atoms with Gasteiger partial charge in [-0.3, -0.25) is 4.79 Å². The fraction of sp³-hybridized carbons (Fsp3) is 0.294. The first-order valence-corrected chi connectivity index (χ1v) is 10.3. The smallest absolute Gasteiger partial charge is 0.238 e. The number of rotatable bonds is 9. The Morgan fingerprint density at radius 1 is 1.42 bits per heavy atom. The number of nitrogens with one attached hydrogen (secondary N) is 1. The maximum Gasteiger partial charge on any atom is 0.238 e. The maximum atomic E-state index is 12.8. The molecule has 1 N–H and O–H groups in total. The summed E-state index contributed by atoms with van der Waals surface area (Å²) in [6, 6.07) is 5.57. The van der Waals surface area contributed by atoms with E-state index in [1.54, 1.807) is 5.38 Å². The first-order chi connectivity index (χ1) is 12.3. The molecule has 0 fully saturated rings. The highest BCUT2D eigenvalue weighted by atomic mass is 32.2. The Kier molecular flexibility index (Phi) is 6.87. The summed E-state index contributed by atoms with van der Waals surface area (Å²) in [5.74, 6) is -0.767. The SMILES string of the molecule is C=CCNC(=O)C(C)S(=O)(=O)Cc1csc(COc2ccc(F)cc2)n1. The van der Waals surface area contributed by atoms with E-state index in [0.717, 1.165) is 0 Å². The van der Waals surface area contributed by atoms with Crippen LogP contribution in [0, 0.1) is 5.82 Å². The lowest BCUT2D eigenvalue weighted by Crippen LogP contribution is -2.38. The Labute approximate surface area is 155 Å². The largest absolute Gasteiger partial charge is 0.486 e. The molecule has 1 heterocycles. The van der Waals surface area contributed by atoms with E-state index in [1.165, 1.54) is 48.6 Å². The number of amides is 1. The van der Waals surface area contributed by atoms with Crippen LogP contribution in [0.4, 0.5) is 4.39 Å². The maximum absolute atomic E-state index is 12.8. The summed E-state index contributed by atoms with van der Waals surface area (Å²) in [4.78, 5) is 16.0. The molecule has 1 amide bonds. The van der Waals surface area contributed by atoms with Crippen LogP contribution in [0.15, 0.2) is 42.3 Å². The van der Waals surface area contributed by atoms with Crippen LogP contribution in [0.1, 0.15) is 17.6 Å². The Balaban J connectivity index is 1.95. The molecule has 1 aromatic heterocycles. The molecular weight excluding hydrogens is 379 g/mol. The van der Waals surface area contributed by atoms with Gasteiger partial charge in [-0.05, 0) is 31.2 Å². The zero-order valence-electron chi connectivity index (χ0n) is 14.1. The van der Waals surface area contributed by atoms with Crippen molar-refractivity contribution in [3.05, 3.63) is 58.8 Å². The van der Waals surface area contributed by atoms with Crippen LogP contribution in [-0.2, 0) is 27.0 Å². The number of hydrogen-bond donors (Lipinski definition) is 1. The van der Waals surface area contributed by atoms with Gasteiger partial charge in [-0.15, -0.1) is 17.9 Å². The third kappa shape index (κ3) is 5.63. The molecule has 2 aromatic rings. The number of carbonyl (C=O) groups is 1. The van der Waals surface area contributed by atoms with Gasteiger partial charge >= 0.3 is 0 Å². The summed E-state index contributed by atoms with van der Waals surface area (Å²) in [6.45, 7) is 5.16. The third-order valence-corrected chi connectivity index (χ3v) is 6.31. The number of aromatic nitrogens is 1. The average Bonchev–Trinajstić information content (AvgIpc) is 3.05. The predicted octanol–water partition coefficient (Wildman–Crippen LogP) is 2.47. The molecule has 1 unspecified atom stereocenters. The Hall–Kier alpha value is -2.26. The molecule has 0 radical (unpaired) electrons. The fourth-order valence-corrected chi connectivity index (χ4v) is 4.00. The van der Waals surface area contributed by atoms with Crippen molar-refractivity contribution in [2.75, 3.05) is 6.54 Å². The van der Waals surface area contributed by atoms with Gasteiger partial charge in [0.1, 0.15) is 28.4 Å². The van der Waals surface area contributed by atoms with Crippen molar-refractivity contribution in [1.82, 2.24) is 10.3 Å². The van der Waals surface area contributed by atoms with E-state index < -0.39 is 21.0 Å². The zero-order valence-corrected chi connectivity index (χ0v) is 15.8. The molecule has 0 spiro atoms. The molecule has 2 rings (SSSR count). The molecule has 1 atom stereocenters. The van der Waals surface area contributed by atoms with Crippen LogP contribution < -0.4 is 10.1 Å². The van der Waals surface area contributed by atoms with Gasteiger partial charge in [-0.2, -0.15) is 0 Å². The second-order valence-corrected chi connectivity index (χ2v) is 8.72. The van der Waals surface area contributed by atoms with Crippen LogP contribution in [0.5, 0.6) is 5.75 Å². The number of nitrogens with zero attached hydrogens (tertiary/aromatic N) is 1. The normalized spacial score (nSPS) is 12.4. The van der Waals surface area contributed by atoms with Gasteiger partial charge in [0.05, 0.1) is 11.4 Å². The first-order valence-electron chi connectivity index (χ1n) is 7.73. The van der Waals surface area contributed by atoms with Crippen molar-refractivity contribution in [2.45, 2.75) is 24.5 Å². The third-order valence-electron chi connectivity index (χ3n) is 3.45. The quantitative estimate of drug-likeness (QED) is 0.656. The topological polar surface area (TPSA) is 85.4 Å². The Morgan fingerprint density at radius 2 is 2.12 bits per heavy atom. The molecule has 26 heavy (non-hydrogen) atoms. The van der Waals surface area contributed by atoms with E-state index in [9.17, 15) is 17.6 Å². The van der Waals surface area contributed by atoms with Gasteiger partial charge in [-0.25, -0.2) is 17.8 Å². The number of thiazole rings is 1. The molecule has 0 aliphatic heterocycles. The van der Waals surface area contributed by atoms with E-state index in [4.69, 9.17) is 4.74 Å². The van der Waals surface area contributed by atoms with Gasteiger partial charge in [-0.1, -0.05) is 6.08 Å². The molecule has 9 heteroatoms. The van der Waals surface area contributed by atoms with E-state index in [1.807, 2.05) is 0 Å². The van der Waals surface area contributed by atoms with E-state index in [0.29, 0.717) is 16.5 Å². The number of carbonyl (C=O) groups excluding carboxylic acids is 1. The zero-order chi connectivity index (χ0) is 19.2. The molecule has 0 saturated heterocycles. The predicted molar refractivity (Wildman–Crippen MR) is 98.1 cm³/mol. The average molecular weight is 398 g/mol. The minimum Gasteiger partial charge on any atom is -0.486 e. The summed E-state index contributed by atoms with van der Waals surface area (Å²) in [5.41, 5.74) is 0.357. The van der Waals surface area contributed by atoms with Crippen LogP contribution in [-0.4, -0.2) is 31.1 Å². The Morgan fingerprint density at radius 3 is 2.77 bits per heavy atom. The highest BCUT2D eigenvalue weighted by Crippen LogP contribution is 2.18. The van der Waals surface area contributed by atoms with E-state index >= 15 is 0 Å². The van der Waals surface area contributed by atoms with Gasteiger partial charge in [0.15, 0.2) is 9.84 Å². The summed E-state index contributed by atoms with van der Waals surface area (Å²) in [5, 5.41) is 3.50. The van der Waals surface area contributed by atoms with Gasteiger partial charge in [0.2, 0.25) is 5.91 Å². The minimum atomic E-state index is -3.69. The van der Waals surface area contributed by atoms with Crippen molar-refractivity contribution in [2.24, 2.45) is 0 Å². The lowest BCUT2D eigenvalue weighted by atomic mass is 10.3. The lowest BCUT2D eigenvalue weighted by molar-refractivity contribution is -0.120. The summed E-state index contributed by atoms with van der Waals surface area (Å²) >= 11 is 1.26. The van der Waals surface area contributed by atoms with Crippen molar-refractivity contribution < 1.29 is 22.3 Å². The standard InChI is InChI=1S/C17H19FN2O4S2/c1-3-8-19-17(21)12(2)26(22,23)11-14-10-25-16(20-14)9-24-15-6-4-13(18)5-7-15/h3-7,10,12H,1,8-9,11H2,2H3,(H,19,21). The minimum absolute atomic E-state index is 0.145. The van der Waals surface area contributed by atoms with Crippen LogP contribution >= 0.6 is 11.3 Å². The van der Waals surface area contributed by atoms with Crippen molar-refractivity contribution in [1.29, 1.82) is 0 Å². The van der Waals surface area contributed by atoms with Crippen LogP contribution in [0.2, 0.25) is 0 Å².